The number of ketones is 2. The normalized spacial score (nSPS) is 15.0. The first kappa shape index (κ1) is 28.1. The van der Waals surface area contributed by atoms with Gasteiger partial charge in [0.25, 0.3) is 0 Å². The lowest BCUT2D eigenvalue weighted by molar-refractivity contribution is 0.0990. The number of fused-ring (bicyclic) bond motifs is 7. The maximum Gasteiger partial charge on any atom is 0.199 e. The Kier molecular flexibility index (Phi) is 5.97. The largest absolute Gasteiger partial charge is 0.309 e. The molecule has 1 aliphatic rings. The zero-order valence-corrected chi connectivity index (χ0v) is 27.7. The molecule has 0 unspecified atom stereocenters. The lowest BCUT2D eigenvalue weighted by Crippen LogP contribution is -2.10. The van der Waals surface area contributed by atoms with E-state index in [2.05, 4.69) is 112 Å². The molecule has 222 valence electrons. The van der Waals surface area contributed by atoms with Gasteiger partial charge in [0.05, 0.1) is 26.9 Å². The van der Waals surface area contributed by atoms with Crippen molar-refractivity contribution in [2.45, 2.75) is 52.4 Å². The standard InChI is InChI=1S/C39H32N2O2S2/c1-38(2,3)21-7-11-31-27(15-21)28-16-22(39(4,5)6)8-12-32(28)41(31)23-9-10-26-33(17-23)45-34-19-24(44-37(26)34)18-29-35(42)25-13-14-40-20-30(25)36(29)43/h7-20H,1-6H3/b29-18-. The van der Waals surface area contributed by atoms with E-state index in [9.17, 15) is 9.59 Å². The molecule has 3 aromatic carbocycles. The van der Waals surface area contributed by atoms with Crippen molar-refractivity contribution in [3.8, 4) is 5.69 Å². The summed E-state index contributed by atoms with van der Waals surface area (Å²) in [5.41, 5.74) is 7.36. The molecular formula is C39H32N2O2S2. The second kappa shape index (κ2) is 9.56. The Morgan fingerprint density at radius 3 is 1.93 bits per heavy atom. The van der Waals surface area contributed by atoms with Crippen molar-refractivity contribution >= 4 is 81.6 Å². The van der Waals surface area contributed by atoms with Gasteiger partial charge in [0.1, 0.15) is 0 Å². The van der Waals surface area contributed by atoms with Crippen LogP contribution in [0, 0.1) is 0 Å². The third-order valence-electron chi connectivity index (χ3n) is 8.99. The molecular weight excluding hydrogens is 593 g/mol. The summed E-state index contributed by atoms with van der Waals surface area (Å²) in [6, 6.07) is 24.3. The lowest BCUT2D eigenvalue weighted by Gasteiger charge is -2.19. The summed E-state index contributed by atoms with van der Waals surface area (Å²) in [7, 11) is 0. The Bertz CT molecular complexity index is 2330. The smallest absolute Gasteiger partial charge is 0.199 e. The van der Waals surface area contributed by atoms with Gasteiger partial charge in [-0.2, -0.15) is 0 Å². The number of benzene rings is 3. The van der Waals surface area contributed by atoms with Gasteiger partial charge in [-0.15, -0.1) is 22.7 Å². The van der Waals surface area contributed by atoms with Crippen LogP contribution < -0.4 is 0 Å². The highest BCUT2D eigenvalue weighted by Gasteiger charge is 2.33. The summed E-state index contributed by atoms with van der Waals surface area (Å²) < 4.78 is 5.95. The minimum absolute atomic E-state index is 0.0557. The molecule has 4 aromatic heterocycles. The number of carbonyl (C=O) groups is 2. The summed E-state index contributed by atoms with van der Waals surface area (Å²) in [5, 5.41) is 3.75. The van der Waals surface area contributed by atoms with Gasteiger partial charge in [0.15, 0.2) is 11.6 Å². The Hall–Kier alpha value is -4.39. The first-order chi connectivity index (χ1) is 21.4. The Balaban J connectivity index is 1.25. The van der Waals surface area contributed by atoms with Gasteiger partial charge in [-0.3, -0.25) is 14.6 Å². The first-order valence-electron chi connectivity index (χ1n) is 15.2. The van der Waals surface area contributed by atoms with Crippen LogP contribution in [0.5, 0.6) is 0 Å². The van der Waals surface area contributed by atoms with Crippen LogP contribution in [0.1, 0.15) is 78.3 Å². The zero-order valence-electron chi connectivity index (χ0n) is 26.1. The van der Waals surface area contributed by atoms with E-state index in [1.54, 1.807) is 41.0 Å². The van der Waals surface area contributed by atoms with Gasteiger partial charge < -0.3 is 4.57 Å². The van der Waals surface area contributed by atoms with Crippen molar-refractivity contribution in [1.29, 1.82) is 0 Å². The quantitative estimate of drug-likeness (QED) is 0.142. The molecule has 8 rings (SSSR count). The highest BCUT2D eigenvalue weighted by Crippen LogP contribution is 2.43. The maximum atomic E-state index is 12.9. The highest BCUT2D eigenvalue weighted by molar-refractivity contribution is 7.33. The van der Waals surface area contributed by atoms with Crippen molar-refractivity contribution in [1.82, 2.24) is 9.55 Å². The number of rotatable bonds is 2. The third kappa shape index (κ3) is 4.34. The van der Waals surface area contributed by atoms with Gasteiger partial charge in [0.2, 0.25) is 0 Å². The van der Waals surface area contributed by atoms with E-state index < -0.39 is 0 Å². The number of Topliss-reactive ketones (excluding diaryl/α,β-unsaturated/α-hetero) is 2. The second-order valence-electron chi connectivity index (χ2n) is 14.1. The van der Waals surface area contributed by atoms with Crippen LogP contribution in [0.2, 0.25) is 0 Å². The molecule has 0 fully saturated rings. The molecule has 0 radical (unpaired) electrons. The molecule has 0 saturated heterocycles. The van der Waals surface area contributed by atoms with E-state index in [4.69, 9.17) is 0 Å². The number of allylic oxidation sites excluding steroid dienone is 1. The van der Waals surface area contributed by atoms with Crippen molar-refractivity contribution in [3.63, 3.8) is 0 Å². The molecule has 0 amide bonds. The van der Waals surface area contributed by atoms with Crippen LogP contribution in [-0.2, 0) is 10.8 Å². The molecule has 4 nitrogen and oxygen atoms in total. The average Bonchev–Trinajstić information content (AvgIpc) is 3.71. The molecule has 4 heterocycles. The number of nitrogens with zero attached hydrogens (tertiary/aromatic N) is 2. The summed E-state index contributed by atoms with van der Waals surface area (Å²) in [6.45, 7) is 13.6. The number of pyridine rings is 1. The molecule has 6 heteroatoms. The molecule has 0 saturated carbocycles. The van der Waals surface area contributed by atoms with Gasteiger partial charge >= 0.3 is 0 Å². The molecule has 7 aromatic rings. The van der Waals surface area contributed by atoms with E-state index in [0.717, 1.165) is 15.3 Å². The van der Waals surface area contributed by atoms with Crippen LogP contribution >= 0.6 is 22.7 Å². The van der Waals surface area contributed by atoms with Crippen molar-refractivity contribution < 1.29 is 9.59 Å². The fourth-order valence-corrected chi connectivity index (χ4v) is 8.95. The van der Waals surface area contributed by atoms with Crippen LogP contribution in [0.3, 0.4) is 0 Å². The SMILES string of the molecule is CC(C)(C)c1ccc2c(c1)c1cc(C(C)(C)C)ccc1n2-c1ccc2c(c1)sc1cc(/C=C3/C(=O)c4ccncc4C3=O)sc12. The fraction of sp³-hybridized carbons (Fsp3) is 0.205. The molecule has 0 atom stereocenters. The molecule has 1 aliphatic carbocycles. The summed E-state index contributed by atoms with van der Waals surface area (Å²) in [6.07, 6.45) is 4.79. The van der Waals surface area contributed by atoms with Crippen LogP contribution in [0.4, 0.5) is 0 Å². The predicted octanol–water partition coefficient (Wildman–Crippen LogP) is 10.7. The van der Waals surface area contributed by atoms with E-state index in [-0.39, 0.29) is 28.0 Å². The molecule has 0 aliphatic heterocycles. The molecule has 0 spiro atoms. The molecule has 45 heavy (non-hydrogen) atoms. The topological polar surface area (TPSA) is 52.0 Å². The van der Waals surface area contributed by atoms with Crippen molar-refractivity contribution in [2.24, 2.45) is 0 Å². The number of hydrogen-bond donors (Lipinski definition) is 0. The Morgan fingerprint density at radius 1 is 0.667 bits per heavy atom. The van der Waals surface area contributed by atoms with Gasteiger partial charge in [-0.05, 0) is 76.6 Å². The highest BCUT2D eigenvalue weighted by atomic mass is 32.1. The number of aromatic nitrogens is 2. The minimum Gasteiger partial charge on any atom is -0.309 e. The monoisotopic (exact) mass is 624 g/mol. The Labute approximate surface area is 269 Å². The lowest BCUT2D eigenvalue weighted by atomic mass is 9.85. The molecule has 0 N–H and O–H groups in total. The number of hydrogen-bond acceptors (Lipinski definition) is 5. The van der Waals surface area contributed by atoms with E-state index in [1.807, 2.05) is 0 Å². The van der Waals surface area contributed by atoms with Gasteiger partial charge in [-0.1, -0.05) is 59.7 Å². The first-order valence-corrected chi connectivity index (χ1v) is 16.8. The summed E-state index contributed by atoms with van der Waals surface area (Å²) in [4.78, 5) is 30.8. The van der Waals surface area contributed by atoms with Crippen LogP contribution in [0.25, 0.3) is 53.1 Å². The van der Waals surface area contributed by atoms with E-state index in [1.165, 1.54) is 53.9 Å². The number of carbonyl (C=O) groups excluding carboxylic acids is 2. The summed E-state index contributed by atoms with van der Waals surface area (Å²) in [5.74, 6) is -0.469. The Morgan fingerprint density at radius 2 is 1.31 bits per heavy atom. The zero-order chi connectivity index (χ0) is 31.4. The van der Waals surface area contributed by atoms with Crippen molar-refractivity contribution in [3.05, 3.63) is 112 Å². The molecule has 0 bridgehead atoms. The number of thiophene rings is 2. The minimum atomic E-state index is -0.246. The van der Waals surface area contributed by atoms with Gasteiger partial charge in [0, 0.05) is 54.1 Å². The van der Waals surface area contributed by atoms with Crippen molar-refractivity contribution in [2.75, 3.05) is 0 Å². The fourth-order valence-electron chi connectivity index (χ4n) is 6.44. The van der Waals surface area contributed by atoms with E-state index >= 15 is 0 Å². The second-order valence-corrected chi connectivity index (χ2v) is 16.2. The predicted molar refractivity (Wildman–Crippen MR) is 190 cm³/mol. The third-order valence-corrected chi connectivity index (χ3v) is 11.3. The van der Waals surface area contributed by atoms with Crippen LogP contribution in [-0.4, -0.2) is 21.1 Å². The summed E-state index contributed by atoms with van der Waals surface area (Å²) >= 11 is 3.38. The van der Waals surface area contributed by atoms with Crippen LogP contribution in [0.15, 0.2) is 84.7 Å². The average molecular weight is 625 g/mol. The van der Waals surface area contributed by atoms with Gasteiger partial charge in [-0.25, -0.2) is 0 Å². The maximum absolute atomic E-state index is 12.9. The van der Waals surface area contributed by atoms with E-state index in [0.29, 0.717) is 11.1 Å².